The van der Waals surface area contributed by atoms with Gasteiger partial charge in [0.1, 0.15) is 0 Å². The highest BCUT2D eigenvalue weighted by Gasteiger charge is 2.27. The van der Waals surface area contributed by atoms with Crippen molar-refractivity contribution in [3.63, 3.8) is 0 Å². The number of nitrogens with zero attached hydrogens (tertiary/aromatic N) is 2. The van der Waals surface area contributed by atoms with Gasteiger partial charge in [-0.1, -0.05) is 25.1 Å². The third kappa shape index (κ3) is 5.06. The van der Waals surface area contributed by atoms with Crippen molar-refractivity contribution in [1.82, 2.24) is 4.31 Å². The monoisotopic (exact) mass is 461 g/mol. The largest absolute Gasteiger partial charge is 0.379 e. The second-order valence-corrected chi connectivity index (χ2v) is 11.0. The minimum atomic E-state index is -3.58. The molecule has 0 radical (unpaired) electrons. The molecule has 2 aromatic rings. The molecule has 1 N–H and O–H groups in total. The zero-order valence-corrected chi connectivity index (χ0v) is 19.1. The van der Waals surface area contributed by atoms with E-state index in [1.807, 2.05) is 23.1 Å². The Bertz CT molecular complexity index is 1040. The maximum absolute atomic E-state index is 13.0. The van der Waals surface area contributed by atoms with Crippen LogP contribution in [0.15, 0.2) is 58.3 Å². The fourth-order valence-electron chi connectivity index (χ4n) is 3.72. The lowest BCUT2D eigenvalue weighted by atomic mass is 10.2. The number of para-hydroxylation sites is 1. The molecule has 2 heterocycles. The van der Waals surface area contributed by atoms with Gasteiger partial charge in [-0.25, -0.2) is 8.42 Å². The molecule has 7 nitrogen and oxygen atoms in total. The number of thioether (sulfide) groups is 1. The summed E-state index contributed by atoms with van der Waals surface area (Å²) in [5, 5.41) is 3.55. The topological polar surface area (TPSA) is 79.0 Å². The molecule has 0 aromatic heterocycles. The minimum absolute atomic E-state index is 0.0383. The molecule has 2 aromatic carbocycles. The maximum Gasteiger partial charge on any atom is 0.246 e. The Labute approximate surface area is 187 Å². The number of morpholine rings is 1. The number of amides is 1. The van der Waals surface area contributed by atoms with Crippen molar-refractivity contribution in [2.24, 2.45) is 0 Å². The van der Waals surface area contributed by atoms with Gasteiger partial charge in [0.15, 0.2) is 0 Å². The summed E-state index contributed by atoms with van der Waals surface area (Å²) in [6.45, 7) is 4.44. The Morgan fingerprint density at radius 1 is 1.13 bits per heavy atom. The van der Waals surface area contributed by atoms with Crippen LogP contribution in [0.1, 0.15) is 13.3 Å². The molecule has 1 atom stereocenters. The van der Waals surface area contributed by atoms with Crippen LogP contribution in [0.4, 0.5) is 11.4 Å². The number of ether oxygens (including phenoxy) is 1. The molecule has 9 heteroatoms. The van der Waals surface area contributed by atoms with E-state index in [1.54, 1.807) is 36.0 Å². The van der Waals surface area contributed by atoms with Gasteiger partial charge in [0.25, 0.3) is 0 Å². The SMILES string of the molecule is C[C@H]1CCN(C(=O)CNc2cccc(S(=O)(=O)N3CCOCC3)c2)c2ccccc2S1. The molecule has 1 amide bonds. The molecular formula is C22H27N3O4S2. The van der Waals surface area contributed by atoms with Gasteiger partial charge in [0, 0.05) is 35.5 Å². The third-order valence-electron chi connectivity index (χ3n) is 5.43. The van der Waals surface area contributed by atoms with Crippen LogP contribution in [0.25, 0.3) is 0 Å². The number of hydrogen-bond donors (Lipinski definition) is 1. The first-order valence-electron chi connectivity index (χ1n) is 10.4. The van der Waals surface area contributed by atoms with Gasteiger partial charge in [0.2, 0.25) is 15.9 Å². The molecule has 166 valence electrons. The van der Waals surface area contributed by atoms with Crippen LogP contribution in [0.3, 0.4) is 0 Å². The van der Waals surface area contributed by atoms with E-state index in [9.17, 15) is 13.2 Å². The van der Waals surface area contributed by atoms with Gasteiger partial charge in [-0.05, 0) is 36.8 Å². The second-order valence-electron chi connectivity index (χ2n) is 7.63. The van der Waals surface area contributed by atoms with E-state index >= 15 is 0 Å². The lowest BCUT2D eigenvalue weighted by Gasteiger charge is -2.26. The van der Waals surface area contributed by atoms with Crippen LogP contribution in [-0.2, 0) is 19.6 Å². The number of carbonyl (C=O) groups excluding carboxylic acids is 1. The lowest BCUT2D eigenvalue weighted by Crippen LogP contribution is -2.40. The van der Waals surface area contributed by atoms with Crippen LogP contribution in [0.5, 0.6) is 0 Å². The zero-order chi connectivity index (χ0) is 21.8. The van der Waals surface area contributed by atoms with E-state index in [4.69, 9.17) is 4.74 Å². The van der Waals surface area contributed by atoms with Crippen LogP contribution in [0, 0.1) is 0 Å². The van der Waals surface area contributed by atoms with Gasteiger partial charge in [-0.2, -0.15) is 4.31 Å². The number of fused-ring (bicyclic) bond motifs is 1. The van der Waals surface area contributed by atoms with Crippen LogP contribution in [0.2, 0.25) is 0 Å². The van der Waals surface area contributed by atoms with Crippen molar-refractivity contribution < 1.29 is 17.9 Å². The van der Waals surface area contributed by atoms with E-state index in [2.05, 4.69) is 18.3 Å². The first-order chi connectivity index (χ1) is 14.9. The summed E-state index contributed by atoms with van der Waals surface area (Å²) >= 11 is 1.79. The predicted molar refractivity (Wildman–Crippen MR) is 123 cm³/mol. The third-order valence-corrected chi connectivity index (χ3v) is 8.56. The second kappa shape index (κ2) is 9.60. The first kappa shape index (κ1) is 22.1. The van der Waals surface area contributed by atoms with Gasteiger partial charge in [-0.3, -0.25) is 4.79 Å². The molecule has 0 bridgehead atoms. The molecule has 1 saturated heterocycles. The smallest absolute Gasteiger partial charge is 0.246 e. The molecule has 0 spiro atoms. The van der Waals surface area contributed by atoms with Crippen molar-refractivity contribution >= 4 is 39.1 Å². The number of benzene rings is 2. The Morgan fingerprint density at radius 2 is 1.90 bits per heavy atom. The van der Waals surface area contributed by atoms with Crippen LogP contribution < -0.4 is 10.2 Å². The Morgan fingerprint density at radius 3 is 2.71 bits per heavy atom. The Kier molecular flexibility index (Phi) is 6.86. The number of sulfonamides is 1. The predicted octanol–water partition coefficient (Wildman–Crippen LogP) is 3.04. The standard InChI is InChI=1S/C22H27N3O4S2/c1-17-9-10-25(20-7-2-3-8-21(20)30-17)22(26)16-23-18-5-4-6-19(15-18)31(27,28)24-11-13-29-14-12-24/h2-8,15,17,23H,9-14,16H2,1H3/t17-/m0/s1. The molecule has 1 fully saturated rings. The van der Waals surface area contributed by atoms with Crippen molar-refractivity contribution in [3.8, 4) is 0 Å². The molecule has 0 unspecified atom stereocenters. The van der Waals surface area contributed by atoms with Gasteiger partial charge in [0.05, 0.1) is 30.3 Å². The molecule has 2 aliphatic heterocycles. The molecule has 31 heavy (non-hydrogen) atoms. The van der Waals surface area contributed by atoms with E-state index in [0.29, 0.717) is 43.8 Å². The lowest BCUT2D eigenvalue weighted by molar-refractivity contribution is -0.117. The van der Waals surface area contributed by atoms with Gasteiger partial charge in [-0.15, -0.1) is 11.8 Å². The Hall–Kier alpha value is -2.07. The maximum atomic E-state index is 13.0. The Balaban J connectivity index is 1.46. The number of nitrogens with one attached hydrogen (secondary N) is 1. The minimum Gasteiger partial charge on any atom is -0.379 e. The van der Waals surface area contributed by atoms with E-state index in [1.165, 1.54) is 4.31 Å². The molecule has 4 rings (SSSR count). The first-order valence-corrected chi connectivity index (χ1v) is 12.7. The van der Waals surface area contributed by atoms with Crippen LogP contribution >= 0.6 is 11.8 Å². The van der Waals surface area contributed by atoms with Crippen molar-refractivity contribution in [1.29, 1.82) is 0 Å². The van der Waals surface area contributed by atoms with Gasteiger partial charge < -0.3 is 15.0 Å². The average molecular weight is 462 g/mol. The fourth-order valence-corrected chi connectivity index (χ4v) is 6.29. The average Bonchev–Trinajstić information content (AvgIpc) is 2.96. The summed E-state index contributed by atoms with van der Waals surface area (Å²) in [4.78, 5) is 16.2. The van der Waals surface area contributed by atoms with E-state index in [0.717, 1.165) is 17.0 Å². The highest BCUT2D eigenvalue weighted by Crippen LogP contribution is 2.37. The summed E-state index contributed by atoms with van der Waals surface area (Å²) in [5.41, 5.74) is 1.54. The zero-order valence-electron chi connectivity index (χ0n) is 17.5. The quantitative estimate of drug-likeness (QED) is 0.737. The van der Waals surface area contributed by atoms with Crippen molar-refractivity contribution in [2.75, 3.05) is 49.6 Å². The number of anilines is 2. The fraction of sp³-hybridized carbons (Fsp3) is 0.409. The highest BCUT2D eigenvalue weighted by atomic mass is 32.2. The summed E-state index contributed by atoms with van der Waals surface area (Å²) in [5.74, 6) is -0.0383. The summed E-state index contributed by atoms with van der Waals surface area (Å²) < 4.78 is 32.5. The molecule has 0 saturated carbocycles. The van der Waals surface area contributed by atoms with Crippen LogP contribution in [-0.4, -0.2) is 63.3 Å². The van der Waals surface area contributed by atoms with Crippen molar-refractivity contribution in [3.05, 3.63) is 48.5 Å². The van der Waals surface area contributed by atoms with Gasteiger partial charge >= 0.3 is 0 Å². The number of carbonyl (C=O) groups is 1. The number of rotatable bonds is 5. The van der Waals surface area contributed by atoms with Crippen molar-refractivity contribution in [2.45, 2.75) is 28.4 Å². The summed E-state index contributed by atoms with van der Waals surface area (Å²) in [7, 11) is -3.58. The highest BCUT2D eigenvalue weighted by molar-refractivity contribution is 8.00. The summed E-state index contributed by atoms with van der Waals surface area (Å²) in [6.07, 6.45) is 0.915. The molecule has 2 aliphatic rings. The van der Waals surface area contributed by atoms with E-state index in [-0.39, 0.29) is 17.3 Å². The number of hydrogen-bond acceptors (Lipinski definition) is 6. The summed E-state index contributed by atoms with van der Waals surface area (Å²) in [6, 6.07) is 14.6. The molecule has 0 aliphatic carbocycles. The van der Waals surface area contributed by atoms with E-state index < -0.39 is 10.0 Å². The normalized spacial score (nSPS) is 20.0. The molecular weight excluding hydrogens is 434 g/mol.